The molecule has 1 saturated heterocycles. The Labute approximate surface area is 258 Å². The lowest BCUT2D eigenvalue weighted by molar-refractivity contribution is -0.115. The number of nitrogens with one attached hydrogen (secondary N) is 1. The summed E-state index contributed by atoms with van der Waals surface area (Å²) >= 11 is 0. The zero-order chi connectivity index (χ0) is 31.5. The number of amides is 1. The summed E-state index contributed by atoms with van der Waals surface area (Å²) in [6.45, 7) is 6.13. The summed E-state index contributed by atoms with van der Waals surface area (Å²) < 4.78 is 5.52. The molecule has 0 aliphatic carbocycles. The van der Waals surface area contributed by atoms with Crippen LogP contribution in [0.15, 0.2) is 84.0 Å². The molecule has 3 heterocycles. The Bertz CT molecular complexity index is 1570. The van der Waals surface area contributed by atoms with Gasteiger partial charge in [0.1, 0.15) is 11.6 Å². The van der Waals surface area contributed by atoms with Crippen LogP contribution in [0.3, 0.4) is 0 Å². The molecule has 1 aliphatic rings. The molecule has 1 amide bonds. The maximum Gasteiger partial charge on any atom is 0.261 e. The molecule has 1 aliphatic heterocycles. The van der Waals surface area contributed by atoms with Gasteiger partial charge in [-0.1, -0.05) is 29.8 Å². The van der Waals surface area contributed by atoms with E-state index in [9.17, 15) is 9.59 Å². The Morgan fingerprint density at radius 1 is 1.09 bits per heavy atom. The molecule has 44 heavy (non-hydrogen) atoms. The molecule has 0 saturated carbocycles. The van der Waals surface area contributed by atoms with E-state index in [4.69, 9.17) is 16.2 Å². The zero-order valence-electron chi connectivity index (χ0n) is 25.4. The summed E-state index contributed by atoms with van der Waals surface area (Å²) in [5.41, 5.74) is 17.9. The van der Waals surface area contributed by atoms with Crippen molar-refractivity contribution in [3.8, 4) is 11.1 Å². The number of nitrogens with two attached hydrogens (primary N) is 2. The standard InChI is InChI=1S/C34H39N7O3/c1-23-4-6-26(7-5-23)24(2)19-41(20-25-10-12-44-13-11-25)21-30(22-42)34(43)40-32-9-8-27(17-38-32)31-14-28(18-39-33(31)36)29(15-35)16-37-3/h4-9,14-19,21-22,25H,10-13,20,35H2,1-3H3,(H2,36,39)(H,38,40,43)/b24-19+,29-15?,30-21+,37-16?. The lowest BCUT2D eigenvalue weighted by atomic mass is 9.99. The summed E-state index contributed by atoms with van der Waals surface area (Å²) in [4.78, 5) is 40.0. The van der Waals surface area contributed by atoms with Gasteiger partial charge in [-0.2, -0.15) is 0 Å². The Morgan fingerprint density at radius 2 is 1.84 bits per heavy atom. The average molecular weight is 594 g/mol. The second-order valence-electron chi connectivity index (χ2n) is 10.7. The number of allylic oxidation sites excluding steroid dienone is 2. The number of nitrogen functional groups attached to an aromatic ring is 1. The van der Waals surface area contributed by atoms with E-state index in [1.165, 1.54) is 11.8 Å². The van der Waals surface area contributed by atoms with Crippen LogP contribution in [0.1, 0.15) is 36.5 Å². The molecule has 0 radical (unpaired) electrons. The first-order valence-electron chi connectivity index (χ1n) is 14.4. The predicted molar refractivity (Wildman–Crippen MR) is 176 cm³/mol. The maximum atomic E-state index is 13.2. The van der Waals surface area contributed by atoms with E-state index < -0.39 is 5.91 Å². The van der Waals surface area contributed by atoms with Crippen LogP contribution < -0.4 is 16.8 Å². The van der Waals surface area contributed by atoms with Crippen molar-refractivity contribution in [2.75, 3.05) is 37.9 Å². The van der Waals surface area contributed by atoms with Crippen molar-refractivity contribution >= 4 is 41.2 Å². The van der Waals surface area contributed by atoms with Crippen molar-refractivity contribution in [2.24, 2.45) is 16.6 Å². The van der Waals surface area contributed by atoms with Gasteiger partial charge in [-0.15, -0.1) is 0 Å². The van der Waals surface area contributed by atoms with E-state index in [-0.39, 0.29) is 11.4 Å². The van der Waals surface area contributed by atoms with Crippen LogP contribution in [-0.2, 0) is 14.3 Å². The quantitative estimate of drug-likeness (QED) is 0.0940. The van der Waals surface area contributed by atoms with E-state index in [1.807, 2.05) is 31.0 Å². The van der Waals surface area contributed by atoms with Gasteiger partial charge in [0.25, 0.3) is 5.91 Å². The minimum Gasteiger partial charge on any atom is -0.404 e. The zero-order valence-corrected chi connectivity index (χ0v) is 25.4. The number of aliphatic imine (C=N–C) groups is 1. The van der Waals surface area contributed by atoms with Gasteiger partial charge in [0.05, 0.1) is 5.57 Å². The van der Waals surface area contributed by atoms with Gasteiger partial charge in [0, 0.05) is 86.3 Å². The monoisotopic (exact) mass is 593 g/mol. The predicted octanol–water partition coefficient (Wildman–Crippen LogP) is 4.85. The molecule has 1 fully saturated rings. The fourth-order valence-electron chi connectivity index (χ4n) is 4.86. The van der Waals surface area contributed by atoms with Crippen LogP contribution in [0, 0.1) is 12.8 Å². The number of nitrogens with zero attached hydrogens (tertiary/aromatic N) is 4. The highest BCUT2D eigenvalue weighted by atomic mass is 16.5. The number of anilines is 2. The van der Waals surface area contributed by atoms with Crippen molar-refractivity contribution in [1.82, 2.24) is 14.9 Å². The van der Waals surface area contributed by atoms with Crippen LogP contribution in [0.2, 0.25) is 0 Å². The lowest BCUT2D eigenvalue weighted by Crippen LogP contribution is -2.27. The van der Waals surface area contributed by atoms with E-state index >= 15 is 0 Å². The third-order valence-electron chi connectivity index (χ3n) is 7.39. The summed E-state index contributed by atoms with van der Waals surface area (Å²) in [6, 6.07) is 13.5. The summed E-state index contributed by atoms with van der Waals surface area (Å²) in [5, 5.41) is 2.74. The number of aromatic nitrogens is 2. The molecular formula is C34H39N7O3. The number of hydrogen-bond donors (Lipinski definition) is 3. The Balaban J connectivity index is 1.54. The number of aryl methyl sites for hydroxylation is 1. The van der Waals surface area contributed by atoms with E-state index in [0.29, 0.717) is 54.5 Å². The molecule has 10 nitrogen and oxygen atoms in total. The van der Waals surface area contributed by atoms with E-state index in [0.717, 1.165) is 29.5 Å². The molecule has 10 heteroatoms. The number of carbonyl (C=O) groups is 2. The summed E-state index contributed by atoms with van der Waals surface area (Å²) in [5.74, 6) is 0.427. The van der Waals surface area contributed by atoms with Crippen LogP contribution >= 0.6 is 0 Å². The van der Waals surface area contributed by atoms with Gasteiger partial charge in [-0.25, -0.2) is 9.97 Å². The van der Waals surface area contributed by atoms with Crippen molar-refractivity contribution in [2.45, 2.75) is 26.7 Å². The van der Waals surface area contributed by atoms with Gasteiger partial charge in [-0.05, 0) is 61.9 Å². The average Bonchev–Trinajstić information content (AvgIpc) is 3.04. The molecular weight excluding hydrogens is 554 g/mol. The fraction of sp³-hybridized carbons (Fsp3) is 0.265. The second-order valence-corrected chi connectivity index (χ2v) is 10.7. The largest absolute Gasteiger partial charge is 0.404 e. The minimum atomic E-state index is -0.557. The number of benzene rings is 1. The van der Waals surface area contributed by atoms with Crippen LogP contribution in [0.5, 0.6) is 0 Å². The van der Waals surface area contributed by atoms with Gasteiger partial charge < -0.3 is 26.4 Å². The van der Waals surface area contributed by atoms with Crippen molar-refractivity contribution in [3.05, 3.63) is 95.7 Å². The Morgan fingerprint density at radius 3 is 2.48 bits per heavy atom. The van der Waals surface area contributed by atoms with Crippen molar-refractivity contribution in [3.63, 3.8) is 0 Å². The topological polar surface area (TPSA) is 149 Å². The first-order chi connectivity index (χ1) is 21.3. The third-order valence-corrected chi connectivity index (χ3v) is 7.39. The molecule has 5 N–H and O–H groups in total. The summed E-state index contributed by atoms with van der Waals surface area (Å²) in [6.07, 6.45) is 12.3. The number of rotatable bonds is 11. The Kier molecular flexibility index (Phi) is 11.1. The van der Waals surface area contributed by atoms with Gasteiger partial charge in [-0.3, -0.25) is 14.6 Å². The minimum absolute atomic E-state index is 0.0178. The first-order valence-corrected chi connectivity index (χ1v) is 14.4. The molecule has 0 bridgehead atoms. The molecule has 2 aromatic heterocycles. The lowest BCUT2D eigenvalue weighted by Gasteiger charge is -2.27. The number of pyridine rings is 2. The molecule has 0 atom stereocenters. The maximum absolute atomic E-state index is 13.2. The van der Waals surface area contributed by atoms with Gasteiger partial charge in [0.15, 0.2) is 6.29 Å². The Hall–Kier alpha value is -5.09. The fourth-order valence-corrected chi connectivity index (χ4v) is 4.86. The number of ether oxygens (including phenoxy) is 1. The highest BCUT2D eigenvalue weighted by Crippen LogP contribution is 2.28. The molecule has 0 unspecified atom stereocenters. The highest BCUT2D eigenvalue weighted by molar-refractivity contribution is 6.16. The van der Waals surface area contributed by atoms with E-state index in [1.54, 1.807) is 44.0 Å². The second kappa shape index (κ2) is 15.4. The van der Waals surface area contributed by atoms with Crippen LogP contribution in [0.4, 0.5) is 11.6 Å². The third kappa shape index (κ3) is 8.48. The van der Waals surface area contributed by atoms with Gasteiger partial charge >= 0.3 is 0 Å². The van der Waals surface area contributed by atoms with E-state index in [2.05, 4.69) is 44.5 Å². The molecule has 0 spiro atoms. The molecule has 3 aromatic rings. The van der Waals surface area contributed by atoms with Crippen molar-refractivity contribution in [1.29, 1.82) is 0 Å². The van der Waals surface area contributed by atoms with Crippen molar-refractivity contribution < 1.29 is 14.3 Å². The van der Waals surface area contributed by atoms with Crippen LogP contribution in [0.25, 0.3) is 22.3 Å². The SMILES string of the molecule is CN=CC(=CN)c1cnc(N)c(-c2ccc(NC(=O)/C(C=O)=C/N(/C=C(\C)c3ccc(C)cc3)CC3CCOCC3)nc2)c1. The highest BCUT2D eigenvalue weighted by Gasteiger charge is 2.18. The normalized spacial score (nSPS) is 14.9. The van der Waals surface area contributed by atoms with Gasteiger partial charge in [0.2, 0.25) is 0 Å². The number of carbonyl (C=O) groups excluding carboxylic acids is 2. The smallest absolute Gasteiger partial charge is 0.261 e. The summed E-state index contributed by atoms with van der Waals surface area (Å²) in [7, 11) is 1.66. The number of hydrogen-bond acceptors (Lipinski definition) is 9. The first kappa shape index (κ1) is 31.8. The molecule has 1 aromatic carbocycles. The molecule has 4 rings (SSSR count). The number of aldehydes is 1. The van der Waals surface area contributed by atoms with Crippen LogP contribution in [-0.4, -0.2) is 60.1 Å². The molecule has 228 valence electrons.